The van der Waals surface area contributed by atoms with Gasteiger partial charge >= 0.3 is 5.69 Å². The number of aromatic nitrogens is 3. The molecule has 1 aliphatic rings. The van der Waals surface area contributed by atoms with Gasteiger partial charge < -0.3 is 0 Å². The number of pyridine rings is 1. The lowest BCUT2D eigenvalue weighted by Gasteiger charge is -2.25. The van der Waals surface area contributed by atoms with E-state index in [0.717, 1.165) is 12.0 Å². The van der Waals surface area contributed by atoms with Gasteiger partial charge in [0.2, 0.25) is 0 Å². The lowest BCUT2D eigenvalue weighted by molar-refractivity contribution is 0.0964. The first kappa shape index (κ1) is 18.3. The number of nitrogens with zero attached hydrogens (tertiary/aromatic N) is 2. The molecule has 0 saturated carbocycles. The van der Waals surface area contributed by atoms with Gasteiger partial charge in [-0.2, -0.15) is 0 Å². The zero-order chi connectivity index (χ0) is 19.8. The van der Waals surface area contributed by atoms with Crippen molar-refractivity contribution in [2.24, 2.45) is 5.92 Å². The molecule has 28 heavy (non-hydrogen) atoms. The highest BCUT2D eigenvalue weighted by Gasteiger charge is 2.29. The van der Waals surface area contributed by atoms with E-state index in [1.165, 1.54) is 10.8 Å². The molecule has 0 radical (unpaired) electrons. The number of benzene rings is 1. The van der Waals surface area contributed by atoms with Crippen LogP contribution in [0.5, 0.6) is 0 Å². The minimum Gasteiger partial charge on any atom is -0.294 e. The van der Waals surface area contributed by atoms with Gasteiger partial charge in [-0.25, -0.2) is 9.78 Å². The Labute approximate surface area is 162 Å². The predicted octanol–water partition coefficient (Wildman–Crippen LogP) is 3.04. The Hall–Kier alpha value is -3.02. The quantitative estimate of drug-likeness (QED) is 0.757. The van der Waals surface area contributed by atoms with E-state index >= 15 is 0 Å². The maximum absolute atomic E-state index is 12.8. The Bertz CT molecular complexity index is 1160. The summed E-state index contributed by atoms with van der Waals surface area (Å²) in [5, 5.41) is 0.370. The predicted molar refractivity (Wildman–Crippen MR) is 108 cm³/mol. The molecule has 1 N–H and O–H groups in total. The van der Waals surface area contributed by atoms with Crippen molar-refractivity contribution in [3.8, 4) is 0 Å². The molecule has 6 heteroatoms. The zero-order valence-corrected chi connectivity index (χ0v) is 16.1. The highest BCUT2D eigenvalue weighted by molar-refractivity contribution is 6.02. The number of ketones is 1. The van der Waals surface area contributed by atoms with Gasteiger partial charge in [-0.3, -0.25) is 19.1 Å². The van der Waals surface area contributed by atoms with Crippen molar-refractivity contribution in [2.75, 3.05) is 0 Å². The van der Waals surface area contributed by atoms with Crippen LogP contribution in [-0.2, 0) is 13.0 Å². The minimum absolute atomic E-state index is 0.0103. The molecule has 0 amide bonds. The molecule has 1 aromatic carbocycles. The van der Waals surface area contributed by atoms with Crippen LogP contribution >= 0.6 is 0 Å². The van der Waals surface area contributed by atoms with Crippen LogP contribution in [-0.4, -0.2) is 20.3 Å². The summed E-state index contributed by atoms with van der Waals surface area (Å²) in [5.74, 6) is 0.418. The number of fused-ring (bicyclic) bond motifs is 3. The molecule has 3 aromatic rings. The number of hydrogen-bond donors (Lipinski definition) is 1. The number of H-pyrrole nitrogens is 1. The van der Waals surface area contributed by atoms with Crippen molar-refractivity contribution >= 4 is 16.8 Å². The number of carbonyl (C=O) groups is 1. The van der Waals surface area contributed by atoms with E-state index in [1.54, 1.807) is 0 Å². The van der Waals surface area contributed by atoms with E-state index in [-0.39, 0.29) is 11.7 Å². The number of Topliss-reactive ketones (excluding diaryl/α,β-unsaturated/α-hetero) is 1. The van der Waals surface area contributed by atoms with Gasteiger partial charge in [0.15, 0.2) is 5.78 Å². The van der Waals surface area contributed by atoms with Gasteiger partial charge in [0.05, 0.1) is 5.39 Å². The highest BCUT2D eigenvalue weighted by Crippen LogP contribution is 2.34. The van der Waals surface area contributed by atoms with Gasteiger partial charge in [0.25, 0.3) is 5.56 Å². The van der Waals surface area contributed by atoms with Gasteiger partial charge in [0, 0.05) is 24.7 Å². The van der Waals surface area contributed by atoms with Gasteiger partial charge in [-0.1, -0.05) is 44.2 Å². The Morgan fingerprint density at radius 3 is 2.61 bits per heavy atom. The molecule has 0 spiro atoms. The standard InChI is InChI=1S/C22H23N3O3/c1-13(2)8-9-25-20-19(21(27)24-22(25)28)16-10-15(14-6-4-3-5-7-14)11-18(26)17(16)12-23-20/h3-7,12-13,15H,8-11H2,1-2H3,(H,24,27,28)/t15-/m1/s1. The molecule has 0 fully saturated rings. The normalized spacial score (nSPS) is 16.5. The van der Waals surface area contributed by atoms with E-state index in [9.17, 15) is 14.4 Å². The second-order valence-electron chi connectivity index (χ2n) is 7.88. The molecular formula is C22H23N3O3. The first-order valence-corrected chi connectivity index (χ1v) is 9.68. The summed E-state index contributed by atoms with van der Waals surface area (Å²) in [5.41, 5.74) is 1.73. The van der Waals surface area contributed by atoms with E-state index in [1.807, 2.05) is 30.3 Å². The van der Waals surface area contributed by atoms with Crippen molar-refractivity contribution in [1.82, 2.24) is 14.5 Å². The van der Waals surface area contributed by atoms with Crippen LogP contribution in [0, 0.1) is 5.92 Å². The average Bonchev–Trinajstić information content (AvgIpc) is 2.67. The molecule has 2 aromatic heterocycles. The average molecular weight is 377 g/mol. The topological polar surface area (TPSA) is 84.8 Å². The summed E-state index contributed by atoms with van der Waals surface area (Å²) in [4.78, 5) is 44.6. The Balaban J connectivity index is 1.89. The number of nitrogens with one attached hydrogen (secondary N) is 1. The largest absolute Gasteiger partial charge is 0.329 e. The molecule has 0 aliphatic heterocycles. The lowest BCUT2D eigenvalue weighted by atomic mass is 9.79. The summed E-state index contributed by atoms with van der Waals surface area (Å²) in [7, 11) is 0. The second-order valence-corrected chi connectivity index (χ2v) is 7.88. The molecule has 6 nitrogen and oxygen atoms in total. The van der Waals surface area contributed by atoms with Crippen LogP contribution in [0.4, 0.5) is 0 Å². The number of hydrogen-bond acceptors (Lipinski definition) is 4. The third kappa shape index (κ3) is 3.19. The van der Waals surface area contributed by atoms with E-state index in [2.05, 4.69) is 23.8 Å². The Kier molecular flexibility index (Phi) is 4.71. The smallest absolute Gasteiger partial charge is 0.294 e. The van der Waals surface area contributed by atoms with Crippen molar-refractivity contribution in [3.63, 3.8) is 0 Å². The fourth-order valence-electron chi connectivity index (χ4n) is 3.96. The highest BCUT2D eigenvalue weighted by atomic mass is 16.2. The molecule has 0 unspecified atom stereocenters. The van der Waals surface area contributed by atoms with Crippen LogP contribution in [0.1, 0.15) is 54.1 Å². The zero-order valence-electron chi connectivity index (χ0n) is 16.1. The van der Waals surface area contributed by atoms with E-state index < -0.39 is 11.2 Å². The third-order valence-electron chi connectivity index (χ3n) is 5.50. The minimum atomic E-state index is -0.466. The van der Waals surface area contributed by atoms with Crippen molar-refractivity contribution in [3.05, 3.63) is 74.1 Å². The van der Waals surface area contributed by atoms with Crippen LogP contribution in [0.2, 0.25) is 0 Å². The fraction of sp³-hybridized carbons (Fsp3) is 0.364. The SMILES string of the molecule is CC(C)CCn1c(=O)[nH]c(=O)c2c3c(cnc21)C(=O)C[C@H](c1ccccc1)C3. The number of aryl methyl sites for hydroxylation is 1. The van der Waals surface area contributed by atoms with E-state index in [0.29, 0.717) is 47.5 Å². The maximum atomic E-state index is 12.8. The molecule has 144 valence electrons. The molecule has 4 rings (SSSR count). The summed E-state index contributed by atoms with van der Waals surface area (Å²) in [6.45, 7) is 4.64. The molecule has 2 heterocycles. The van der Waals surface area contributed by atoms with Crippen LogP contribution < -0.4 is 11.2 Å². The number of rotatable bonds is 4. The number of carbonyl (C=O) groups excluding carboxylic acids is 1. The maximum Gasteiger partial charge on any atom is 0.329 e. The second kappa shape index (κ2) is 7.19. The van der Waals surface area contributed by atoms with Gasteiger partial charge in [-0.15, -0.1) is 0 Å². The molecular weight excluding hydrogens is 354 g/mol. The third-order valence-corrected chi connectivity index (χ3v) is 5.50. The lowest BCUT2D eigenvalue weighted by Crippen LogP contribution is -2.33. The Morgan fingerprint density at radius 1 is 1.14 bits per heavy atom. The van der Waals surface area contributed by atoms with E-state index in [4.69, 9.17) is 0 Å². The summed E-state index contributed by atoms with van der Waals surface area (Å²) in [6.07, 6.45) is 3.31. The Morgan fingerprint density at radius 2 is 1.89 bits per heavy atom. The van der Waals surface area contributed by atoms with Crippen LogP contribution in [0.15, 0.2) is 46.1 Å². The van der Waals surface area contributed by atoms with Gasteiger partial charge in [-0.05, 0) is 35.8 Å². The fourth-order valence-corrected chi connectivity index (χ4v) is 3.96. The van der Waals surface area contributed by atoms with Crippen LogP contribution in [0.25, 0.3) is 11.0 Å². The first-order chi connectivity index (χ1) is 13.5. The molecule has 1 aliphatic carbocycles. The molecule has 1 atom stereocenters. The van der Waals surface area contributed by atoms with Crippen molar-refractivity contribution in [2.45, 2.75) is 45.6 Å². The van der Waals surface area contributed by atoms with Crippen LogP contribution in [0.3, 0.4) is 0 Å². The summed E-state index contributed by atoms with van der Waals surface area (Å²) >= 11 is 0. The summed E-state index contributed by atoms with van der Waals surface area (Å²) < 4.78 is 1.52. The summed E-state index contributed by atoms with van der Waals surface area (Å²) in [6, 6.07) is 9.87. The van der Waals surface area contributed by atoms with Crippen molar-refractivity contribution in [1.29, 1.82) is 0 Å². The van der Waals surface area contributed by atoms with Crippen molar-refractivity contribution < 1.29 is 4.79 Å². The molecule has 0 saturated heterocycles. The number of aromatic amines is 1. The monoisotopic (exact) mass is 377 g/mol. The first-order valence-electron chi connectivity index (χ1n) is 9.68. The molecule has 0 bridgehead atoms. The van der Waals surface area contributed by atoms with Gasteiger partial charge in [0.1, 0.15) is 5.65 Å².